The number of anilines is 1. The van der Waals surface area contributed by atoms with Crippen LogP contribution in [-0.4, -0.2) is 40.4 Å². The van der Waals surface area contributed by atoms with Gasteiger partial charge < -0.3 is 26.1 Å². The number of H-pyrrole nitrogens is 1. The second-order valence-electron chi connectivity index (χ2n) is 7.84. The van der Waals surface area contributed by atoms with Crippen molar-refractivity contribution in [3.05, 3.63) is 92.9 Å². The maximum Gasteiger partial charge on any atom is 0.318 e. The van der Waals surface area contributed by atoms with Crippen molar-refractivity contribution in [2.24, 2.45) is 5.73 Å². The molecule has 2 heterocycles. The fourth-order valence-corrected chi connectivity index (χ4v) is 3.78. The van der Waals surface area contributed by atoms with Gasteiger partial charge in [0.15, 0.2) is 0 Å². The number of nitrogens with two attached hydrogens (primary N) is 1. The topological polar surface area (TPSA) is 152 Å². The Morgan fingerprint density at radius 1 is 1.14 bits per heavy atom. The van der Waals surface area contributed by atoms with Gasteiger partial charge >= 0.3 is 6.01 Å². The van der Waals surface area contributed by atoms with Crippen LogP contribution in [-0.2, 0) is 0 Å². The average Bonchev–Trinajstić information content (AvgIpc) is 2.89. The summed E-state index contributed by atoms with van der Waals surface area (Å²) in [4.78, 5) is 49.0. The Balaban J connectivity index is 1.56. The Labute approximate surface area is 210 Å². The predicted molar refractivity (Wildman–Crippen MR) is 136 cm³/mol. The number of carbonyl (C=O) groups excluding carboxylic acids is 2. The van der Waals surface area contributed by atoms with E-state index >= 15 is 0 Å². The third kappa shape index (κ3) is 5.51. The second kappa shape index (κ2) is 11.0. The number of aromatic nitrogens is 3. The van der Waals surface area contributed by atoms with E-state index in [1.807, 2.05) is 30.3 Å². The van der Waals surface area contributed by atoms with Gasteiger partial charge in [0.2, 0.25) is 0 Å². The van der Waals surface area contributed by atoms with E-state index in [2.05, 4.69) is 25.6 Å². The highest BCUT2D eigenvalue weighted by Crippen LogP contribution is 2.25. The molecule has 10 nitrogen and oxygen atoms in total. The van der Waals surface area contributed by atoms with Gasteiger partial charge in [0.25, 0.3) is 17.4 Å². The third-order valence-electron chi connectivity index (χ3n) is 5.44. The average molecular weight is 507 g/mol. The highest BCUT2D eigenvalue weighted by Gasteiger charge is 2.18. The molecule has 0 saturated carbocycles. The molecule has 2 aromatic heterocycles. The van der Waals surface area contributed by atoms with Crippen molar-refractivity contribution >= 4 is 40.1 Å². The molecule has 0 radical (unpaired) electrons. The van der Waals surface area contributed by atoms with Gasteiger partial charge in [-0.25, -0.2) is 4.98 Å². The summed E-state index contributed by atoms with van der Waals surface area (Å²) in [5.74, 6) is -1.07. The molecule has 36 heavy (non-hydrogen) atoms. The molecule has 0 unspecified atom stereocenters. The SMILES string of the molecule is COc1ncc2cc(C(=O)Nc3cc(C(=O)N[C@H](CCN)c4ccccc4)ccc3Cl)c(=O)[nH]c2n1. The van der Waals surface area contributed by atoms with Crippen LogP contribution in [0.15, 0.2) is 65.6 Å². The summed E-state index contributed by atoms with van der Waals surface area (Å²) in [6.07, 6.45) is 1.98. The van der Waals surface area contributed by atoms with Crippen molar-refractivity contribution in [3.63, 3.8) is 0 Å². The van der Waals surface area contributed by atoms with Gasteiger partial charge in [0, 0.05) is 17.1 Å². The maximum atomic E-state index is 13.0. The summed E-state index contributed by atoms with van der Waals surface area (Å²) in [6.45, 7) is 0.389. The van der Waals surface area contributed by atoms with Crippen molar-refractivity contribution < 1.29 is 14.3 Å². The molecule has 0 bridgehead atoms. The highest BCUT2D eigenvalue weighted by atomic mass is 35.5. The second-order valence-corrected chi connectivity index (χ2v) is 8.24. The minimum absolute atomic E-state index is 0.0817. The third-order valence-corrected chi connectivity index (χ3v) is 5.77. The fraction of sp³-hybridized carbons (Fsp3) is 0.160. The molecule has 0 spiro atoms. The summed E-state index contributed by atoms with van der Waals surface area (Å²) in [6, 6.07) is 15.1. The molecule has 5 N–H and O–H groups in total. The fourth-order valence-electron chi connectivity index (χ4n) is 3.61. The number of nitrogens with zero attached hydrogens (tertiary/aromatic N) is 2. The molecule has 0 saturated heterocycles. The van der Waals surface area contributed by atoms with Gasteiger partial charge in [0.05, 0.1) is 23.9 Å². The highest BCUT2D eigenvalue weighted by molar-refractivity contribution is 6.34. The van der Waals surface area contributed by atoms with Crippen LogP contribution in [0.2, 0.25) is 5.02 Å². The molecule has 2 aromatic carbocycles. The van der Waals surface area contributed by atoms with Crippen LogP contribution < -0.4 is 26.7 Å². The summed E-state index contributed by atoms with van der Waals surface area (Å²) in [5, 5.41) is 6.21. The number of carbonyl (C=O) groups is 2. The monoisotopic (exact) mass is 506 g/mol. The number of pyridine rings is 1. The number of hydrogen-bond acceptors (Lipinski definition) is 7. The number of aromatic amines is 1. The lowest BCUT2D eigenvalue weighted by molar-refractivity contribution is 0.0934. The quantitative estimate of drug-likeness (QED) is 0.286. The normalized spacial score (nSPS) is 11.6. The Morgan fingerprint density at radius 3 is 2.64 bits per heavy atom. The van der Waals surface area contributed by atoms with Crippen LogP contribution in [0.3, 0.4) is 0 Å². The molecular formula is C25H23ClN6O4. The number of halogens is 1. The Kier molecular flexibility index (Phi) is 7.57. The zero-order valence-electron chi connectivity index (χ0n) is 19.2. The van der Waals surface area contributed by atoms with Crippen molar-refractivity contribution in [2.45, 2.75) is 12.5 Å². The Bertz CT molecular complexity index is 1470. The lowest BCUT2D eigenvalue weighted by atomic mass is 10.0. The van der Waals surface area contributed by atoms with Crippen molar-refractivity contribution in [1.82, 2.24) is 20.3 Å². The summed E-state index contributed by atoms with van der Waals surface area (Å²) in [7, 11) is 1.40. The van der Waals surface area contributed by atoms with Gasteiger partial charge in [-0.1, -0.05) is 41.9 Å². The van der Waals surface area contributed by atoms with Gasteiger partial charge in [-0.15, -0.1) is 0 Å². The van der Waals surface area contributed by atoms with E-state index in [0.29, 0.717) is 18.4 Å². The minimum atomic E-state index is -0.710. The molecule has 0 fully saturated rings. The van der Waals surface area contributed by atoms with E-state index < -0.39 is 11.5 Å². The molecule has 11 heteroatoms. The van der Waals surface area contributed by atoms with E-state index in [9.17, 15) is 14.4 Å². The number of nitrogens with one attached hydrogen (secondary N) is 3. The van der Waals surface area contributed by atoms with Crippen LogP contribution in [0.1, 0.15) is 38.7 Å². The largest absolute Gasteiger partial charge is 0.467 e. The summed E-state index contributed by atoms with van der Waals surface area (Å²) < 4.78 is 4.95. The van der Waals surface area contributed by atoms with Crippen molar-refractivity contribution in [3.8, 4) is 6.01 Å². The van der Waals surface area contributed by atoms with Crippen LogP contribution >= 0.6 is 11.6 Å². The molecule has 0 aliphatic rings. The lowest BCUT2D eigenvalue weighted by Crippen LogP contribution is -2.30. The first-order valence-corrected chi connectivity index (χ1v) is 11.4. The van der Waals surface area contributed by atoms with Gasteiger partial charge in [0.1, 0.15) is 11.2 Å². The molecular weight excluding hydrogens is 484 g/mol. The number of fused-ring (bicyclic) bond motifs is 1. The molecule has 0 aliphatic carbocycles. The number of rotatable bonds is 8. The smallest absolute Gasteiger partial charge is 0.318 e. The van der Waals surface area contributed by atoms with Gasteiger partial charge in [-0.2, -0.15) is 4.98 Å². The lowest BCUT2D eigenvalue weighted by Gasteiger charge is -2.19. The maximum absolute atomic E-state index is 13.0. The molecule has 2 amide bonds. The summed E-state index contributed by atoms with van der Waals surface area (Å²) >= 11 is 6.27. The zero-order valence-corrected chi connectivity index (χ0v) is 20.0. The van der Waals surface area contributed by atoms with Crippen LogP contribution in [0.5, 0.6) is 6.01 Å². The van der Waals surface area contributed by atoms with Crippen LogP contribution in [0.4, 0.5) is 5.69 Å². The van der Waals surface area contributed by atoms with Gasteiger partial charge in [-0.05, 0) is 42.8 Å². The van der Waals surface area contributed by atoms with E-state index in [1.165, 1.54) is 31.5 Å². The van der Waals surface area contributed by atoms with E-state index in [0.717, 1.165) is 5.56 Å². The predicted octanol–water partition coefficient (Wildman–Crippen LogP) is 3.05. The number of benzene rings is 2. The number of hydrogen-bond donors (Lipinski definition) is 4. The first-order valence-electron chi connectivity index (χ1n) is 11.0. The number of methoxy groups -OCH3 is 1. The van der Waals surface area contributed by atoms with Crippen molar-refractivity contribution in [2.75, 3.05) is 19.0 Å². The molecule has 4 rings (SSSR count). The molecule has 4 aromatic rings. The van der Waals surface area contributed by atoms with E-state index in [1.54, 1.807) is 6.07 Å². The molecule has 184 valence electrons. The number of amides is 2. The van der Waals surface area contributed by atoms with Crippen molar-refractivity contribution in [1.29, 1.82) is 0 Å². The Hall–Kier alpha value is -4.28. The van der Waals surface area contributed by atoms with Crippen LogP contribution in [0.25, 0.3) is 11.0 Å². The minimum Gasteiger partial charge on any atom is -0.467 e. The van der Waals surface area contributed by atoms with Gasteiger partial charge in [-0.3, -0.25) is 14.4 Å². The number of ether oxygens (including phenoxy) is 1. The summed E-state index contributed by atoms with van der Waals surface area (Å²) in [5.41, 5.74) is 6.52. The first-order chi connectivity index (χ1) is 17.4. The van der Waals surface area contributed by atoms with Crippen LogP contribution in [0, 0.1) is 0 Å². The Morgan fingerprint density at radius 2 is 1.92 bits per heavy atom. The molecule has 1 atom stereocenters. The first kappa shape index (κ1) is 24.8. The molecule has 0 aliphatic heterocycles. The zero-order chi connectivity index (χ0) is 25.7. The standard InChI is InChI=1S/C25H23ClN6O4/c1-36-25-28-13-16-11-17(24(35)31-21(16)32-25)23(34)30-20-12-15(7-8-18(20)26)22(33)29-19(9-10-27)14-5-3-2-4-6-14/h2-8,11-13,19H,9-10,27H2,1H3,(H,29,33)(H,30,34)(H,28,31,32,35)/t19-/m1/s1. The van der Waals surface area contributed by atoms with E-state index in [-0.39, 0.29) is 45.4 Å². The van der Waals surface area contributed by atoms with E-state index in [4.69, 9.17) is 22.1 Å².